The Labute approximate surface area is 201 Å². The van der Waals surface area contributed by atoms with Gasteiger partial charge in [-0.1, -0.05) is 36.4 Å². The lowest BCUT2D eigenvalue weighted by Crippen LogP contribution is -2.25. The van der Waals surface area contributed by atoms with E-state index in [2.05, 4.69) is 5.32 Å². The standard InChI is InChI=1S/C27H35NO6/c29-27(28-13-5-6-14-30-17-21-19-33-21)25-11-2-1-9-23(25)24-10-3-4-12-26(24)32-16-8-7-15-31-18-22-20-34-22/h1-4,9-12,21-22H,5-8,13-20H2,(H,28,29). The maximum atomic E-state index is 12.9. The molecule has 0 aliphatic carbocycles. The second-order valence-electron chi connectivity index (χ2n) is 8.62. The normalized spacial score (nSPS) is 18.5. The van der Waals surface area contributed by atoms with Crippen molar-refractivity contribution in [1.29, 1.82) is 0 Å². The third-order valence-electron chi connectivity index (χ3n) is 5.70. The van der Waals surface area contributed by atoms with E-state index in [4.69, 9.17) is 23.7 Å². The lowest BCUT2D eigenvalue weighted by atomic mass is 9.98. The van der Waals surface area contributed by atoms with Crippen molar-refractivity contribution in [3.05, 3.63) is 54.1 Å². The van der Waals surface area contributed by atoms with E-state index < -0.39 is 0 Å². The first kappa shape index (κ1) is 24.7. The highest BCUT2D eigenvalue weighted by molar-refractivity contribution is 6.01. The number of para-hydroxylation sites is 1. The van der Waals surface area contributed by atoms with E-state index in [9.17, 15) is 4.79 Å². The van der Waals surface area contributed by atoms with Crippen molar-refractivity contribution < 1.29 is 28.5 Å². The maximum absolute atomic E-state index is 12.9. The Kier molecular flexibility index (Phi) is 9.75. The Morgan fingerprint density at radius 1 is 0.794 bits per heavy atom. The smallest absolute Gasteiger partial charge is 0.251 e. The molecule has 4 rings (SSSR count). The van der Waals surface area contributed by atoms with Crippen molar-refractivity contribution >= 4 is 5.91 Å². The summed E-state index contributed by atoms with van der Waals surface area (Å²) in [5, 5.41) is 3.04. The Balaban J connectivity index is 1.23. The Hall–Kier alpha value is -2.45. The predicted molar refractivity (Wildman–Crippen MR) is 129 cm³/mol. The van der Waals surface area contributed by atoms with Crippen LogP contribution in [0.25, 0.3) is 11.1 Å². The molecule has 0 saturated carbocycles. The van der Waals surface area contributed by atoms with E-state index in [1.165, 1.54) is 0 Å². The summed E-state index contributed by atoms with van der Waals surface area (Å²) >= 11 is 0. The summed E-state index contributed by atoms with van der Waals surface area (Å²) in [7, 11) is 0. The van der Waals surface area contributed by atoms with Crippen molar-refractivity contribution in [2.24, 2.45) is 0 Å². The first-order valence-corrected chi connectivity index (χ1v) is 12.3. The van der Waals surface area contributed by atoms with Gasteiger partial charge in [-0.2, -0.15) is 0 Å². The van der Waals surface area contributed by atoms with Crippen molar-refractivity contribution in [3.63, 3.8) is 0 Å². The number of benzene rings is 2. The first-order valence-electron chi connectivity index (χ1n) is 12.3. The molecule has 2 aliphatic heterocycles. The van der Waals surface area contributed by atoms with E-state index in [0.717, 1.165) is 62.4 Å². The van der Waals surface area contributed by atoms with Crippen molar-refractivity contribution in [2.45, 2.75) is 37.9 Å². The van der Waals surface area contributed by atoms with Gasteiger partial charge in [0.05, 0.1) is 33.0 Å². The van der Waals surface area contributed by atoms with E-state index in [1.807, 2.05) is 48.5 Å². The zero-order chi connectivity index (χ0) is 23.4. The van der Waals surface area contributed by atoms with Gasteiger partial charge in [0.1, 0.15) is 18.0 Å². The summed E-state index contributed by atoms with van der Waals surface area (Å²) in [5.74, 6) is 0.710. The van der Waals surface area contributed by atoms with E-state index in [0.29, 0.717) is 50.7 Å². The van der Waals surface area contributed by atoms with Crippen LogP contribution in [0.4, 0.5) is 0 Å². The molecule has 7 heteroatoms. The highest BCUT2D eigenvalue weighted by Crippen LogP contribution is 2.32. The number of amides is 1. The summed E-state index contributed by atoms with van der Waals surface area (Å²) in [4.78, 5) is 12.9. The molecule has 2 atom stereocenters. The molecule has 184 valence electrons. The number of nitrogens with one attached hydrogen (secondary N) is 1. The number of carbonyl (C=O) groups excluding carboxylic acids is 1. The monoisotopic (exact) mass is 469 g/mol. The Bertz CT molecular complexity index is 896. The van der Waals surface area contributed by atoms with Crippen LogP contribution in [0.15, 0.2) is 48.5 Å². The average Bonchev–Trinajstić information content (AvgIpc) is 3.79. The topological polar surface area (TPSA) is 81.9 Å². The number of rotatable bonds is 17. The van der Waals surface area contributed by atoms with Crippen molar-refractivity contribution in [2.75, 3.05) is 52.8 Å². The molecule has 0 aromatic heterocycles. The maximum Gasteiger partial charge on any atom is 0.251 e. The van der Waals surface area contributed by atoms with Gasteiger partial charge in [-0.25, -0.2) is 0 Å². The molecular weight excluding hydrogens is 434 g/mol. The van der Waals surface area contributed by atoms with Gasteiger partial charge in [-0.05, 0) is 43.4 Å². The fourth-order valence-electron chi connectivity index (χ4n) is 3.60. The second kappa shape index (κ2) is 13.4. The molecule has 2 unspecified atom stereocenters. The zero-order valence-electron chi connectivity index (χ0n) is 19.7. The minimum absolute atomic E-state index is 0.0745. The Morgan fingerprint density at radius 3 is 2.09 bits per heavy atom. The fourth-order valence-corrected chi connectivity index (χ4v) is 3.60. The van der Waals surface area contributed by atoms with Crippen LogP contribution in [0.5, 0.6) is 5.75 Å². The summed E-state index contributed by atoms with van der Waals surface area (Å²) in [6, 6.07) is 15.6. The van der Waals surface area contributed by atoms with Gasteiger partial charge in [-0.15, -0.1) is 0 Å². The molecule has 2 aliphatic rings. The van der Waals surface area contributed by atoms with Gasteiger partial charge < -0.3 is 29.0 Å². The summed E-state index contributed by atoms with van der Waals surface area (Å²) in [5.41, 5.74) is 2.44. The van der Waals surface area contributed by atoms with Gasteiger partial charge in [0.2, 0.25) is 0 Å². The molecular formula is C27H35NO6. The molecule has 1 N–H and O–H groups in total. The number of unbranched alkanes of at least 4 members (excludes halogenated alkanes) is 2. The fraction of sp³-hybridized carbons (Fsp3) is 0.519. The molecule has 2 heterocycles. The zero-order valence-corrected chi connectivity index (χ0v) is 19.7. The second-order valence-corrected chi connectivity index (χ2v) is 8.62. The largest absolute Gasteiger partial charge is 0.493 e. The van der Waals surface area contributed by atoms with Gasteiger partial charge in [0, 0.05) is 30.9 Å². The van der Waals surface area contributed by atoms with Crippen LogP contribution in [0, 0.1) is 0 Å². The SMILES string of the molecule is O=C(NCCCCOCC1CO1)c1ccccc1-c1ccccc1OCCCCOCC1CO1. The molecule has 1 amide bonds. The van der Waals surface area contributed by atoms with Gasteiger partial charge in [-0.3, -0.25) is 4.79 Å². The highest BCUT2D eigenvalue weighted by atomic mass is 16.6. The predicted octanol–water partition coefficient (Wildman–Crippen LogP) is 3.85. The first-order chi connectivity index (χ1) is 16.8. The van der Waals surface area contributed by atoms with Gasteiger partial charge in [0.25, 0.3) is 5.91 Å². The molecule has 0 radical (unpaired) electrons. The molecule has 2 saturated heterocycles. The quantitative estimate of drug-likeness (QED) is 0.280. The molecule has 2 aromatic carbocycles. The van der Waals surface area contributed by atoms with Crippen molar-refractivity contribution in [1.82, 2.24) is 5.32 Å². The third-order valence-corrected chi connectivity index (χ3v) is 5.70. The number of hydrogen-bond donors (Lipinski definition) is 1. The van der Waals surface area contributed by atoms with Crippen LogP contribution in [0.1, 0.15) is 36.0 Å². The molecule has 34 heavy (non-hydrogen) atoms. The Morgan fingerprint density at radius 2 is 1.38 bits per heavy atom. The molecule has 0 spiro atoms. The number of ether oxygens (including phenoxy) is 5. The van der Waals surface area contributed by atoms with E-state index in [1.54, 1.807) is 0 Å². The van der Waals surface area contributed by atoms with E-state index >= 15 is 0 Å². The number of carbonyl (C=O) groups is 1. The van der Waals surface area contributed by atoms with Crippen LogP contribution in [0.3, 0.4) is 0 Å². The third kappa shape index (κ3) is 8.40. The molecule has 2 aromatic rings. The summed E-state index contributed by atoms with van der Waals surface area (Å²) in [6.45, 7) is 5.62. The number of hydrogen-bond acceptors (Lipinski definition) is 6. The van der Waals surface area contributed by atoms with Crippen LogP contribution >= 0.6 is 0 Å². The minimum atomic E-state index is -0.0745. The van der Waals surface area contributed by atoms with Crippen LogP contribution in [-0.4, -0.2) is 70.9 Å². The minimum Gasteiger partial charge on any atom is -0.493 e. The van der Waals surface area contributed by atoms with Crippen LogP contribution in [-0.2, 0) is 18.9 Å². The van der Waals surface area contributed by atoms with Gasteiger partial charge in [0.15, 0.2) is 0 Å². The van der Waals surface area contributed by atoms with Gasteiger partial charge >= 0.3 is 0 Å². The highest BCUT2D eigenvalue weighted by Gasteiger charge is 2.22. The lowest BCUT2D eigenvalue weighted by molar-refractivity contribution is 0.0946. The summed E-state index contributed by atoms with van der Waals surface area (Å²) in [6.07, 6.45) is 4.22. The van der Waals surface area contributed by atoms with E-state index in [-0.39, 0.29) is 5.91 Å². The molecule has 7 nitrogen and oxygen atoms in total. The number of epoxide rings is 2. The average molecular weight is 470 g/mol. The van der Waals surface area contributed by atoms with Crippen LogP contribution < -0.4 is 10.1 Å². The lowest BCUT2D eigenvalue weighted by Gasteiger charge is -2.15. The summed E-state index contributed by atoms with van der Waals surface area (Å²) < 4.78 is 27.5. The molecule has 2 fully saturated rings. The van der Waals surface area contributed by atoms with Crippen molar-refractivity contribution in [3.8, 4) is 16.9 Å². The molecule has 0 bridgehead atoms. The van der Waals surface area contributed by atoms with Crippen LogP contribution in [0.2, 0.25) is 0 Å².